The van der Waals surface area contributed by atoms with Gasteiger partial charge in [-0.1, -0.05) is 6.07 Å². The molecule has 0 aromatic heterocycles. The van der Waals surface area contributed by atoms with Gasteiger partial charge in [-0.05, 0) is 68.7 Å². The van der Waals surface area contributed by atoms with Gasteiger partial charge in [-0.2, -0.15) is 0 Å². The maximum absolute atomic E-state index is 11.2. The molecule has 1 unspecified atom stereocenters. The number of esters is 1. The lowest BCUT2D eigenvalue weighted by atomic mass is 9.89. The molecule has 4 nitrogen and oxygen atoms in total. The summed E-state index contributed by atoms with van der Waals surface area (Å²) < 4.78 is 10.7. The zero-order chi connectivity index (χ0) is 15.8. The Labute approximate surface area is 133 Å². The van der Waals surface area contributed by atoms with Gasteiger partial charge in [0.2, 0.25) is 0 Å². The molecular formula is C18H27NO3. The Morgan fingerprint density at radius 2 is 2.14 bits per heavy atom. The number of rotatable bonds is 8. The summed E-state index contributed by atoms with van der Waals surface area (Å²) in [6.45, 7) is 2.98. The number of benzene rings is 1. The number of hydrogen-bond acceptors (Lipinski definition) is 4. The molecule has 0 heterocycles. The van der Waals surface area contributed by atoms with Crippen LogP contribution in [0, 0.1) is 0 Å². The fourth-order valence-electron chi connectivity index (χ4n) is 2.82. The van der Waals surface area contributed by atoms with E-state index < -0.39 is 0 Å². The second-order valence-electron chi connectivity index (χ2n) is 5.90. The van der Waals surface area contributed by atoms with E-state index in [1.165, 1.54) is 11.1 Å². The Kier molecular flexibility index (Phi) is 6.72. The number of nitrogens with two attached hydrogens (primary N) is 1. The van der Waals surface area contributed by atoms with Crippen LogP contribution in [0.25, 0.3) is 0 Å². The first-order valence-electron chi connectivity index (χ1n) is 8.35. The lowest BCUT2D eigenvalue weighted by Gasteiger charge is -2.22. The fourth-order valence-corrected chi connectivity index (χ4v) is 2.82. The van der Waals surface area contributed by atoms with E-state index in [1.807, 2.05) is 13.0 Å². The smallest absolute Gasteiger partial charge is 0.305 e. The second-order valence-corrected chi connectivity index (χ2v) is 5.90. The van der Waals surface area contributed by atoms with E-state index in [2.05, 4.69) is 12.1 Å². The highest BCUT2D eigenvalue weighted by Gasteiger charge is 2.15. The highest BCUT2D eigenvalue weighted by Crippen LogP contribution is 2.25. The van der Waals surface area contributed by atoms with Crippen molar-refractivity contribution in [2.75, 3.05) is 13.2 Å². The predicted octanol–water partition coefficient (Wildman–Crippen LogP) is 3.00. The molecule has 122 valence electrons. The maximum Gasteiger partial charge on any atom is 0.305 e. The number of unbranched alkanes of at least 4 members (excludes halogenated alkanes) is 2. The molecule has 0 radical (unpaired) electrons. The van der Waals surface area contributed by atoms with Crippen LogP contribution in [-0.2, 0) is 22.4 Å². The molecule has 4 heteroatoms. The Hall–Kier alpha value is -1.55. The average molecular weight is 305 g/mol. The van der Waals surface area contributed by atoms with Crippen LogP contribution in [0.15, 0.2) is 18.2 Å². The van der Waals surface area contributed by atoms with Gasteiger partial charge >= 0.3 is 5.97 Å². The van der Waals surface area contributed by atoms with Gasteiger partial charge in [-0.15, -0.1) is 0 Å². The molecule has 22 heavy (non-hydrogen) atoms. The van der Waals surface area contributed by atoms with E-state index in [0.717, 1.165) is 44.3 Å². The summed E-state index contributed by atoms with van der Waals surface area (Å²) in [5.41, 5.74) is 8.76. The first-order valence-corrected chi connectivity index (χ1v) is 8.35. The minimum absolute atomic E-state index is 0.102. The molecule has 2 rings (SSSR count). The first kappa shape index (κ1) is 16.8. The van der Waals surface area contributed by atoms with Gasteiger partial charge in [0.15, 0.2) is 0 Å². The molecule has 1 atom stereocenters. The molecule has 0 aliphatic heterocycles. The van der Waals surface area contributed by atoms with Crippen molar-refractivity contribution in [3.8, 4) is 5.75 Å². The summed E-state index contributed by atoms with van der Waals surface area (Å²) in [5.74, 6) is 0.827. The summed E-state index contributed by atoms with van der Waals surface area (Å²) in [7, 11) is 0. The van der Waals surface area contributed by atoms with Crippen molar-refractivity contribution in [3.63, 3.8) is 0 Å². The zero-order valence-electron chi connectivity index (χ0n) is 13.5. The van der Waals surface area contributed by atoms with Crippen molar-refractivity contribution in [3.05, 3.63) is 29.3 Å². The summed E-state index contributed by atoms with van der Waals surface area (Å²) in [6.07, 6.45) is 6.40. The van der Waals surface area contributed by atoms with Crippen molar-refractivity contribution in [1.82, 2.24) is 0 Å². The molecule has 0 saturated carbocycles. The summed E-state index contributed by atoms with van der Waals surface area (Å²) in [5, 5.41) is 0. The van der Waals surface area contributed by atoms with Crippen LogP contribution >= 0.6 is 0 Å². The van der Waals surface area contributed by atoms with Gasteiger partial charge in [-0.25, -0.2) is 0 Å². The molecule has 0 saturated heterocycles. The molecule has 0 amide bonds. The van der Waals surface area contributed by atoms with Crippen LogP contribution in [0.1, 0.15) is 50.2 Å². The van der Waals surface area contributed by atoms with E-state index in [-0.39, 0.29) is 12.0 Å². The Morgan fingerprint density at radius 1 is 1.27 bits per heavy atom. The number of aryl methyl sites for hydroxylation is 1. The van der Waals surface area contributed by atoms with E-state index >= 15 is 0 Å². The van der Waals surface area contributed by atoms with Crippen molar-refractivity contribution in [2.24, 2.45) is 5.73 Å². The van der Waals surface area contributed by atoms with Gasteiger partial charge in [0.05, 0.1) is 13.2 Å². The molecule has 1 aliphatic carbocycles. The summed E-state index contributed by atoms with van der Waals surface area (Å²) in [4.78, 5) is 11.2. The number of hydrogen-bond donors (Lipinski definition) is 1. The molecule has 0 fully saturated rings. The first-order chi connectivity index (χ1) is 10.7. The van der Waals surface area contributed by atoms with Crippen LogP contribution in [0.3, 0.4) is 0 Å². The van der Waals surface area contributed by atoms with Crippen LogP contribution in [0.4, 0.5) is 0 Å². The van der Waals surface area contributed by atoms with Crippen molar-refractivity contribution in [1.29, 1.82) is 0 Å². The maximum atomic E-state index is 11.2. The Morgan fingerprint density at radius 3 is 2.95 bits per heavy atom. The monoisotopic (exact) mass is 305 g/mol. The molecule has 1 aromatic rings. The highest BCUT2D eigenvalue weighted by molar-refractivity contribution is 5.69. The molecular weight excluding hydrogens is 278 g/mol. The molecule has 1 aromatic carbocycles. The number of carbonyl (C=O) groups is 1. The Balaban J connectivity index is 1.65. The van der Waals surface area contributed by atoms with Crippen molar-refractivity contribution >= 4 is 5.97 Å². The van der Waals surface area contributed by atoms with Crippen LogP contribution in [0.5, 0.6) is 5.75 Å². The van der Waals surface area contributed by atoms with E-state index in [9.17, 15) is 4.79 Å². The minimum Gasteiger partial charge on any atom is -0.494 e. The number of carbonyl (C=O) groups excluding carboxylic acids is 1. The number of fused-ring (bicyclic) bond motifs is 1. The topological polar surface area (TPSA) is 61.5 Å². The fraction of sp³-hybridized carbons (Fsp3) is 0.611. The van der Waals surface area contributed by atoms with E-state index in [4.69, 9.17) is 15.2 Å². The van der Waals surface area contributed by atoms with Gasteiger partial charge in [0.25, 0.3) is 0 Å². The second kappa shape index (κ2) is 8.79. The van der Waals surface area contributed by atoms with Gasteiger partial charge in [-0.3, -0.25) is 4.79 Å². The molecule has 1 aliphatic rings. The van der Waals surface area contributed by atoms with Crippen LogP contribution in [0.2, 0.25) is 0 Å². The normalized spacial score (nSPS) is 16.9. The zero-order valence-corrected chi connectivity index (χ0v) is 13.5. The van der Waals surface area contributed by atoms with Crippen molar-refractivity contribution < 1.29 is 14.3 Å². The summed E-state index contributed by atoms with van der Waals surface area (Å²) >= 11 is 0. The van der Waals surface area contributed by atoms with Crippen molar-refractivity contribution in [2.45, 2.75) is 57.9 Å². The Bertz CT molecular complexity index is 487. The SMILES string of the molecule is CCOC(=O)CCCCCOc1ccc2c(c1)CC(N)CC2. The minimum atomic E-state index is -0.102. The third-order valence-corrected chi connectivity index (χ3v) is 4.04. The van der Waals surface area contributed by atoms with Crippen LogP contribution in [-0.4, -0.2) is 25.2 Å². The largest absolute Gasteiger partial charge is 0.494 e. The molecule has 0 bridgehead atoms. The highest BCUT2D eigenvalue weighted by atomic mass is 16.5. The average Bonchev–Trinajstić information content (AvgIpc) is 2.50. The third-order valence-electron chi connectivity index (χ3n) is 4.04. The number of ether oxygens (including phenoxy) is 2. The third kappa shape index (κ3) is 5.34. The summed E-state index contributed by atoms with van der Waals surface area (Å²) in [6, 6.07) is 6.63. The lowest BCUT2D eigenvalue weighted by Crippen LogP contribution is -2.27. The quantitative estimate of drug-likeness (QED) is 0.592. The lowest BCUT2D eigenvalue weighted by molar-refractivity contribution is -0.143. The molecule has 0 spiro atoms. The van der Waals surface area contributed by atoms with Gasteiger partial charge < -0.3 is 15.2 Å². The predicted molar refractivity (Wildman–Crippen MR) is 87.0 cm³/mol. The van der Waals surface area contributed by atoms with E-state index in [0.29, 0.717) is 19.6 Å². The molecule has 2 N–H and O–H groups in total. The standard InChI is InChI=1S/C18H27NO3/c1-2-21-18(20)6-4-3-5-11-22-17-10-8-14-7-9-16(19)12-15(14)13-17/h8,10,13,16H,2-7,9,11-12,19H2,1H3. The van der Waals surface area contributed by atoms with Crippen LogP contribution < -0.4 is 10.5 Å². The van der Waals surface area contributed by atoms with E-state index in [1.54, 1.807) is 0 Å². The van der Waals surface area contributed by atoms with Gasteiger partial charge in [0.1, 0.15) is 5.75 Å². The van der Waals surface area contributed by atoms with Gasteiger partial charge in [0, 0.05) is 12.5 Å².